The molecule has 0 atom stereocenters. The molecule has 0 unspecified atom stereocenters. The molecule has 0 aliphatic rings. The summed E-state index contributed by atoms with van der Waals surface area (Å²) < 4.78 is 17.8. The SMILES string of the molecule is COc1ccc2oc(-c3cccc(NC(=S)NC(=O)c4ccc(-c5ccc(Br)cc5)o4)c3)nc2c1. The molecule has 1 amide bonds. The maximum absolute atomic E-state index is 12.6. The number of benzene rings is 3. The van der Waals surface area contributed by atoms with Crippen LogP contribution in [-0.2, 0) is 0 Å². The summed E-state index contributed by atoms with van der Waals surface area (Å²) in [6.07, 6.45) is 0. The molecule has 0 spiro atoms. The van der Waals surface area contributed by atoms with Crippen LogP contribution in [0.3, 0.4) is 0 Å². The van der Waals surface area contributed by atoms with E-state index in [2.05, 4.69) is 31.5 Å². The summed E-state index contributed by atoms with van der Waals surface area (Å²) in [6, 6.07) is 23.8. The topological polar surface area (TPSA) is 89.5 Å². The first-order valence-corrected chi connectivity index (χ1v) is 11.7. The molecule has 0 fully saturated rings. The Morgan fingerprint density at radius 1 is 0.971 bits per heavy atom. The number of anilines is 1. The number of aromatic nitrogens is 1. The fraction of sp³-hybridized carbons (Fsp3) is 0.0385. The Labute approximate surface area is 214 Å². The quantitative estimate of drug-likeness (QED) is 0.238. The Kier molecular flexibility index (Phi) is 6.35. The highest BCUT2D eigenvalue weighted by Gasteiger charge is 2.15. The largest absolute Gasteiger partial charge is 0.497 e. The van der Waals surface area contributed by atoms with E-state index in [1.54, 1.807) is 19.2 Å². The van der Waals surface area contributed by atoms with Crippen LogP contribution in [-0.4, -0.2) is 23.1 Å². The Balaban J connectivity index is 1.26. The predicted octanol–water partition coefficient (Wildman–Crippen LogP) is 6.65. The third-order valence-corrected chi connectivity index (χ3v) is 5.88. The Morgan fingerprint density at radius 2 is 1.80 bits per heavy atom. The van der Waals surface area contributed by atoms with E-state index in [0.29, 0.717) is 34.2 Å². The highest BCUT2D eigenvalue weighted by molar-refractivity contribution is 9.10. The molecule has 0 radical (unpaired) electrons. The zero-order valence-corrected chi connectivity index (χ0v) is 20.8. The number of nitrogens with zero attached hydrogens (tertiary/aromatic N) is 1. The van der Waals surface area contributed by atoms with Gasteiger partial charge in [0.2, 0.25) is 5.89 Å². The molecule has 0 aliphatic heterocycles. The summed E-state index contributed by atoms with van der Waals surface area (Å²) in [5.41, 5.74) is 3.64. The minimum Gasteiger partial charge on any atom is -0.497 e. The van der Waals surface area contributed by atoms with Crippen molar-refractivity contribution in [2.24, 2.45) is 0 Å². The number of halogens is 1. The number of ether oxygens (including phenoxy) is 1. The number of furan rings is 1. The van der Waals surface area contributed by atoms with E-state index < -0.39 is 5.91 Å². The second-order valence-corrected chi connectivity index (χ2v) is 8.84. The molecular weight excluding hydrogens is 530 g/mol. The standard InChI is InChI=1S/C26H18BrN3O4S/c1-32-19-9-10-22-20(14-19)29-25(34-22)16-3-2-4-18(13-16)28-26(35)30-24(31)23-12-11-21(33-23)15-5-7-17(27)8-6-15/h2-14H,1H3,(H2,28,30,31,35). The number of oxazole rings is 1. The normalized spacial score (nSPS) is 10.8. The molecule has 2 N–H and O–H groups in total. The van der Waals surface area contributed by atoms with Crippen LogP contribution in [0.1, 0.15) is 10.6 Å². The molecule has 2 heterocycles. The molecule has 0 saturated heterocycles. The molecule has 5 aromatic rings. The number of methoxy groups -OCH3 is 1. The van der Waals surface area contributed by atoms with Crippen molar-refractivity contribution in [3.8, 4) is 28.5 Å². The molecule has 2 aromatic heterocycles. The molecule has 9 heteroatoms. The van der Waals surface area contributed by atoms with Crippen LogP contribution in [0.25, 0.3) is 33.9 Å². The van der Waals surface area contributed by atoms with Crippen molar-refractivity contribution >= 4 is 56.0 Å². The lowest BCUT2D eigenvalue weighted by atomic mass is 10.2. The van der Waals surface area contributed by atoms with Crippen molar-refractivity contribution in [1.82, 2.24) is 10.3 Å². The summed E-state index contributed by atoms with van der Waals surface area (Å²) >= 11 is 8.73. The second kappa shape index (κ2) is 9.73. The number of carbonyl (C=O) groups excluding carboxylic acids is 1. The third kappa shape index (κ3) is 5.11. The van der Waals surface area contributed by atoms with E-state index in [1.807, 2.05) is 66.7 Å². The van der Waals surface area contributed by atoms with E-state index >= 15 is 0 Å². The van der Waals surface area contributed by atoms with Crippen LogP contribution in [0.15, 0.2) is 92.2 Å². The monoisotopic (exact) mass is 547 g/mol. The molecule has 3 aromatic carbocycles. The lowest BCUT2D eigenvalue weighted by Crippen LogP contribution is -2.33. The molecule has 5 rings (SSSR count). The number of carbonyl (C=O) groups is 1. The fourth-order valence-electron chi connectivity index (χ4n) is 3.44. The predicted molar refractivity (Wildman–Crippen MR) is 142 cm³/mol. The summed E-state index contributed by atoms with van der Waals surface area (Å²) in [7, 11) is 1.60. The van der Waals surface area contributed by atoms with Crippen molar-refractivity contribution in [2.75, 3.05) is 12.4 Å². The van der Waals surface area contributed by atoms with Gasteiger partial charge >= 0.3 is 0 Å². The first-order chi connectivity index (χ1) is 17.0. The van der Waals surface area contributed by atoms with Gasteiger partial charge in [-0.1, -0.05) is 34.1 Å². The zero-order valence-electron chi connectivity index (χ0n) is 18.4. The van der Waals surface area contributed by atoms with E-state index in [9.17, 15) is 4.79 Å². The molecule has 0 bridgehead atoms. The Hall–Kier alpha value is -3.95. The number of fused-ring (bicyclic) bond motifs is 1. The van der Waals surface area contributed by atoms with Crippen molar-refractivity contribution in [3.05, 3.63) is 89.1 Å². The molecule has 7 nitrogen and oxygen atoms in total. The van der Waals surface area contributed by atoms with E-state index in [0.717, 1.165) is 15.6 Å². The second-order valence-electron chi connectivity index (χ2n) is 7.51. The average molecular weight is 548 g/mol. The summed E-state index contributed by atoms with van der Waals surface area (Å²) in [4.78, 5) is 17.1. The maximum atomic E-state index is 12.6. The van der Waals surface area contributed by atoms with Crippen LogP contribution in [0, 0.1) is 0 Å². The zero-order chi connectivity index (χ0) is 24.4. The molecular formula is C26H18BrN3O4S. The van der Waals surface area contributed by atoms with Gasteiger partial charge in [0, 0.05) is 27.4 Å². The first kappa shape index (κ1) is 22.8. The summed E-state index contributed by atoms with van der Waals surface area (Å²) in [5, 5.41) is 5.79. The number of amides is 1. The van der Waals surface area contributed by atoms with Gasteiger partial charge in [-0.25, -0.2) is 4.98 Å². The number of hydrogen-bond donors (Lipinski definition) is 2. The first-order valence-electron chi connectivity index (χ1n) is 10.5. The van der Waals surface area contributed by atoms with Crippen LogP contribution < -0.4 is 15.4 Å². The maximum Gasteiger partial charge on any atom is 0.293 e. The van der Waals surface area contributed by atoms with Gasteiger partial charge in [-0.2, -0.15) is 0 Å². The smallest absolute Gasteiger partial charge is 0.293 e. The van der Waals surface area contributed by atoms with Gasteiger partial charge in [0.25, 0.3) is 5.91 Å². The van der Waals surface area contributed by atoms with Crippen LogP contribution in [0.4, 0.5) is 5.69 Å². The third-order valence-electron chi connectivity index (χ3n) is 5.15. The fourth-order valence-corrected chi connectivity index (χ4v) is 3.92. The highest BCUT2D eigenvalue weighted by atomic mass is 79.9. The van der Waals surface area contributed by atoms with Gasteiger partial charge in [0.15, 0.2) is 16.5 Å². The minimum absolute atomic E-state index is 0.135. The lowest BCUT2D eigenvalue weighted by Gasteiger charge is -2.09. The molecule has 0 saturated carbocycles. The number of nitrogens with one attached hydrogen (secondary N) is 2. The number of thiocarbonyl (C=S) groups is 1. The Morgan fingerprint density at radius 3 is 2.60 bits per heavy atom. The van der Waals surface area contributed by atoms with E-state index in [4.69, 9.17) is 25.8 Å². The summed E-state index contributed by atoms with van der Waals surface area (Å²) in [5.74, 6) is 1.46. The number of hydrogen-bond acceptors (Lipinski definition) is 6. The highest BCUT2D eigenvalue weighted by Crippen LogP contribution is 2.28. The average Bonchev–Trinajstić information content (AvgIpc) is 3.52. The van der Waals surface area contributed by atoms with E-state index in [-0.39, 0.29) is 10.9 Å². The van der Waals surface area contributed by atoms with Crippen molar-refractivity contribution in [3.63, 3.8) is 0 Å². The lowest BCUT2D eigenvalue weighted by molar-refractivity contribution is 0.0951. The summed E-state index contributed by atoms with van der Waals surface area (Å²) in [6.45, 7) is 0. The molecule has 174 valence electrons. The van der Waals surface area contributed by atoms with Gasteiger partial charge in [0.05, 0.1) is 7.11 Å². The van der Waals surface area contributed by atoms with E-state index in [1.165, 1.54) is 0 Å². The van der Waals surface area contributed by atoms with Crippen molar-refractivity contribution in [2.45, 2.75) is 0 Å². The minimum atomic E-state index is -0.449. The number of rotatable bonds is 5. The van der Waals surface area contributed by atoms with Crippen molar-refractivity contribution in [1.29, 1.82) is 0 Å². The van der Waals surface area contributed by atoms with Gasteiger partial charge in [-0.3, -0.25) is 10.1 Å². The van der Waals surface area contributed by atoms with Gasteiger partial charge in [-0.05, 0) is 66.8 Å². The Bertz CT molecular complexity index is 1540. The van der Waals surface area contributed by atoms with Gasteiger partial charge in [-0.15, -0.1) is 0 Å². The molecule has 35 heavy (non-hydrogen) atoms. The molecule has 0 aliphatic carbocycles. The van der Waals surface area contributed by atoms with Gasteiger partial charge < -0.3 is 18.9 Å². The van der Waals surface area contributed by atoms with Crippen LogP contribution in [0.2, 0.25) is 0 Å². The van der Waals surface area contributed by atoms with Crippen LogP contribution in [0.5, 0.6) is 5.75 Å². The van der Waals surface area contributed by atoms with Crippen LogP contribution >= 0.6 is 28.1 Å². The van der Waals surface area contributed by atoms with Gasteiger partial charge in [0.1, 0.15) is 17.0 Å². The van der Waals surface area contributed by atoms with Crippen molar-refractivity contribution < 1.29 is 18.4 Å².